The second kappa shape index (κ2) is 9.39. The van der Waals surface area contributed by atoms with E-state index in [-0.39, 0.29) is 12.6 Å². The zero-order valence-electron chi connectivity index (χ0n) is 18.0. The molecule has 1 aromatic carbocycles. The highest BCUT2D eigenvalue weighted by molar-refractivity contribution is 5.95. The summed E-state index contributed by atoms with van der Waals surface area (Å²) < 4.78 is 11.1. The van der Waals surface area contributed by atoms with Crippen molar-refractivity contribution in [3.8, 4) is 0 Å². The largest absolute Gasteiger partial charge is 0.464 e. The number of likely N-dealkylation sites (tertiary alicyclic amines) is 1. The summed E-state index contributed by atoms with van der Waals surface area (Å²) in [6, 6.07) is 13.2. The second-order valence-electron chi connectivity index (χ2n) is 8.05. The minimum atomic E-state index is -0.668. The molecule has 2 N–H and O–H groups in total. The van der Waals surface area contributed by atoms with Gasteiger partial charge in [-0.1, -0.05) is 30.3 Å². The summed E-state index contributed by atoms with van der Waals surface area (Å²) in [4.78, 5) is 27.5. The standard InChI is InChI=1S/C24H29N3O4/c1-3-30-23(28)21-19(25-24(29)26-22(21)20-10-9-16(2)31-20)15-27-13-11-18(12-14-27)17-7-5-4-6-8-17/h4-10,18,22H,3,11-15H2,1-2H3,(H2,25,26,29)/t22-/m1/s1. The molecular weight excluding hydrogens is 394 g/mol. The number of urea groups is 1. The number of hydrogen-bond acceptors (Lipinski definition) is 5. The first-order valence-electron chi connectivity index (χ1n) is 10.9. The average Bonchev–Trinajstić information content (AvgIpc) is 3.21. The second-order valence-corrected chi connectivity index (χ2v) is 8.05. The van der Waals surface area contributed by atoms with E-state index >= 15 is 0 Å². The van der Waals surface area contributed by atoms with Gasteiger partial charge in [-0.25, -0.2) is 9.59 Å². The lowest BCUT2D eigenvalue weighted by molar-refractivity contribution is -0.139. The lowest BCUT2D eigenvalue weighted by Crippen LogP contribution is -2.49. The van der Waals surface area contributed by atoms with Crippen LogP contribution in [0.25, 0.3) is 0 Å². The number of piperidine rings is 1. The van der Waals surface area contributed by atoms with E-state index < -0.39 is 12.0 Å². The fourth-order valence-electron chi connectivity index (χ4n) is 4.39. The van der Waals surface area contributed by atoms with Crippen molar-refractivity contribution in [1.82, 2.24) is 15.5 Å². The number of hydrogen-bond donors (Lipinski definition) is 2. The highest BCUT2D eigenvalue weighted by Gasteiger charge is 2.36. The van der Waals surface area contributed by atoms with Gasteiger partial charge in [-0.05, 0) is 63.4 Å². The molecule has 31 heavy (non-hydrogen) atoms. The molecule has 1 fully saturated rings. The zero-order valence-corrected chi connectivity index (χ0v) is 18.0. The van der Waals surface area contributed by atoms with Crippen LogP contribution < -0.4 is 10.6 Å². The quantitative estimate of drug-likeness (QED) is 0.693. The van der Waals surface area contributed by atoms with Crippen molar-refractivity contribution < 1.29 is 18.7 Å². The lowest BCUT2D eigenvalue weighted by Gasteiger charge is -2.35. The number of furan rings is 1. The summed E-state index contributed by atoms with van der Waals surface area (Å²) in [6.45, 7) is 6.14. The van der Waals surface area contributed by atoms with Crippen LogP contribution >= 0.6 is 0 Å². The van der Waals surface area contributed by atoms with Crippen molar-refractivity contribution in [2.75, 3.05) is 26.2 Å². The molecule has 0 radical (unpaired) electrons. The van der Waals surface area contributed by atoms with E-state index in [9.17, 15) is 9.59 Å². The number of aryl methyl sites for hydroxylation is 1. The number of esters is 1. The number of carbonyl (C=O) groups is 2. The summed E-state index contributed by atoms with van der Waals surface area (Å²) in [5, 5.41) is 5.66. The molecule has 2 aliphatic rings. The highest BCUT2D eigenvalue weighted by Crippen LogP contribution is 2.31. The Hall–Kier alpha value is -3.06. The topological polar surface area (TPSA) is 83.8 Å². The predicted octanol–water partition coefficient (Wildman–Crippen LogP) is 3.64. The van der Waals surface area contributed by atoms with Gasteiger partial charge in [-0.15, -0.1) is 0 Å². The molecule has 164 valence electrons. The Kier molecular flexibility index (Phi) is 6.42. The Morgan fingerprint density at radius 2 is 1.90 bits per heavy atom. The Morgan fingerprint density at radius 1 is 1.16 bits per heavy atom. The van der Waals surface area contributed by atoms with E-state index in [1.807, 2.05) is 19.1 Å². The third-order valence-electron chi connectivity index (χ3n) is 5.93. The molecule has 7 nitrogen and oxygen atoms in total. The Labute approximate surface area is 182 Å². The normalized spacial score (nSPS) is 20.3. The molecule has 1 atom stereocenters. The number of nitrogens with zero attached hydrogens (tertiary/aromatic N) is 1. The minimum Gasteiger partial charge on any atom is -0.464 e. The first-order valence-corrected chi connectivity index (χ1v) is 10.9. The van der Waals surface area contributed by atoms with Gasteiger partial charge in [0.25, 0.3) is 0 Å². The molecule has 0 spiro atoms. The maximum absolute atomic E-state index is 12.9. The van der Waals surface area contributed by atoms with Crippen LogP contribution in [0.2, 0.25) is 0 Å². The fourth-order valence-corrected chi connectivity index (χ4v) is 4.39. The molecular formula is C24H29N3O4. The number of carbonyl (C=O) groups excluding carboxylic acids is 2. The van der Waals surface area contributed by atoms with Crippen LogP contribution in [0.15, 0.2) is 58.2 Å². The molecule has 4 rings (SSSR count). The summed E-state index contributed by atoms with van der Waals surface area (Å²) in [5.74, 6) is 1.34. The zero-order chi connectivity index (χ0) is 21.8. The summed E-state index contributed by atoms with van der Waals surface area (Å²) in [7, 11) is 0. The molecule has 2 aliphatic heterocycles. The van der Waals surface area contributed by atoms with E-state index in [1.54, 1.807) is 13.0 Å². The summed E-state index contributed by atoms with van der Waals surface area (Å²) in [5.41, 5.74) is 2.36. The molecule has 1 aromatic heterocycles. The van der Waals surface area contributed by atoms with Crippen molar-refractivity contribution >= 4 is 12.0 Å². The van der Waals surface area contributed by atoms with Crippen LogP contribution in [0.4, 0.5) is 4.79 Å². The molecule has 0 bridgehead atoms. The van der Waals surface area contributed by atoms with Crippen LogP contribution in [0.3, 0.4) is 0 Å². The molecule has 3 heterocycles. The molecule has 7 heteroatoms. The predicted molar refractivity (Wildman–Crippen MR) is 116 cm³/mol. The number of ether oxygens (including phenoxy) is 1. The van der Waals surface area contributed by atoms with Gasteiger partial charge in [-0.3, -0.25) is 4.90 Å². The average molecular weight is 424 g/mol. The van der Waals surface area contributed by atoms with Gasteiger partial charge in [0.15, 0.2) is 0 Å². The first-order chi connectivity index (χ1) is 15.0. The molecule has 0 unspecified atom stereocenters. The molecule has 0 aliphatic carbocycles. The van der Waals surface area contributed by atoms with E-state index in [4.69, 9.17) is 9.15 Å². The third kappa shape index (κ3) is 4.82. The van der Waals surface area contributed by atoms with Crippen LogP contribution in [0.5, 0.6) is 0 Å². The fraction of sp³-hybridized carbons (Fsp3) is 0.417. The molecule has 1 saturated heterocycles. The van der Waals surface area contributed by atoms with Crippen molar-refractivity contribution in [1.29, 1.82) is 0 Å². The number of benzene rings is 1. The van der Waals surface area contributed by atoms with Crippen LogP contribution in [0, 0.1) is 6.92 Å². The Bertz CT molecular complexity index is 958. The number of rotatable bonds is 6. The molecule has 2 aromatic rings. The maximum atomic E-state index is 12.9. The van der Waals surface area contributed by atoms with Gasteiger partial charge in [0.05, 0.1) is 12.2 Å². The van der Waals surface area contributed by atoms with E-state index in [2.05, 4.69) is 39.8 Å². The van der Waals surface area contributed by atoms with Crippen LogP contribution in [-0.2, 0) is 9.53 Å². The van der Waals surface area contributed by atoms with Crippen molar-refractivity contribution in [2.45, 2.75) is 38.6 Å². The summed E-state index contributed by atoms with van der Waals surface area (Å²) >= 11 is 0. The van der Waals surface area contributed by atoms with E-state index in [0.29, 0.717) is 29.5 Å². The van der Waals surface area contributed by atoms with E-state index in [0.717, 1.165) is 31.7 Å². The van der Waals surface area contributed by atoms with Gasteiger partial charge in [0.2, 0.25) is 0 Å². The van der Waals surface area contributed by atoms with Gasteiger partial charge in [0, 0.05) is 12.2 Å². The summed E-state index contributed by atoms with van der Waals surface area (Å²) in [6.07, 6.45) is 2.08. The minimum absolute atomic E-state index is 0.260. The van der Waals surface area contributed by atoms with Gasteiger partial charge in [-0.2, -0.15) is 0 Å². The van der Waals surface area contributed by atoms with E-state index in [1.165, 1.54) is 5.56 Å². The van der Waals surface area contributed by atoms with Crippen LogP contribution in [0.1, 0.15) is 48.8 Å². The van der Waals surface area contributed by atoms with Crippen molar-refractivity contribution in [2.24, 2.45) is 0 Å². The number of amides is 2. The highest BCUT2D eigenvalue weighted by atomic mass is 16.5. The van der Waals surface area contributed by atoms with Gasteiger partial charge >= 0.3 is 12.0 Å². The SMILES string of the molecule is CCOC(=O)C1=C(CN2CCC(c3ccccc3)CC2)NC(=O)N[C@@H]1c1ccc(C)o1. The Balaban J connectivity index is 1.54. The van der Waals surface area contributed by atoms with Crippen molar-refractivity contribution in [3.63, 3.8) is 0 Å². The smallest absolute Gasteiger partial charge is 0.338 e. The maximum Gasteiger partial charge on any atom is 0.338 e. The monoisotopic (exact) mass is 423 g/mol. The molecule has 0 saturated carbocycles. The Morgan fingerprint density at radius 3 is 2.55 bits per heavy atom. The molecule has 2 amide bonds. The first kappa shape index (κ1) is 21.2. The van der Waals surface area contributed by atoms with Gasteiger partial charge in [0.1, 0.15) is 17.6 Å². The van der Waals surface area contributed by atoms with Crippen LogP contribution in [-0.4, -0.2) is 43.1 Å². The third-order valence-corrected chi connectivity index (χ3v) is 5.93. The lowest BCUT2D eigenvalue weighted by atomic mass is 9.89. The number of nitrogens with one attached hydrogen (secondary N) is 2. The van der Waals surface area contributed by atoms with Gasteiger partial charge < -0.3 is 19.8 Å². The van der Waals surface area contributed by atoms with Crippen molar-refractivity contribution in [3.05, 3.63) is 70.8 Å².